The molecule has 0 heterocycles. The van der Waals surface area contributed by atoms with E-state index >= 15 is 0 Å². The molecule has 0 radical (unpaired) electrons. The van der Waals surface area contributed by atoms with Crippen LogP contribution in [0.15, 0.2) is 0 Å². The van der Waals surface area contributed by atoms with E-state index < -0.39 is 0 Å². The van der Waals surface area contributed by atoms with Gasteiger partial charge in [0.25, 0.3) is 0 Å². The van der Waals surface area contributed by atoms with Crippen LogP contribution in [0, 0.1) is 0 Å². The Hall–Kier alpha value is 0.883. The molecule has 0 aliphatic heterocycles. The van der Waals surface area contributed by atoms with Gasteiger partial charge in [-0.25, -0.2) is 0 Å². The molecule has 1 heteroatoms. The van der Waals surface area contributed by atoms with Gasteiger partial charge in [-0.15, -0.1) is 0 Å². The summed E-state index contributed by atoms with van der Waals surface area (Å²) in [6.45, 7) is 4.59. The molecule has 0 nitrogen and oxygen atoms in total. The molecule has 0 bridgehead atoms. The Balaban J connectivity index is 2.88. The SMILES string of the molecule is CCCCC[CH]([BiH2])CC. The first-order valence-corrected chi connectivity index (χ1v) is 6.66. The molecule has 0 aromatic carbocycles. The molecule has 0 amide bonds. The van der Waals surface area contributed by atoms with E-state index in [1.54, 1.807) is 0 Å². The van der Waals surface area contributed by atoms with Crippen molar-refractivity contribution in [3.05, 3.63) is 0 Å². The van der Waals surface area contributed by atoms with E-state index in [4.69, 9.17) is 0 Å². The van der Waals surface area contributed by atoms with Crippen LogP contribution in [0.5, 0.6) is 0 Å². The van der Waals surface area contributed by atoms with Gasteiger partial charge in [0.1, 0.15) is 0 Å². The first-order valence-electron chi connectivity index (χ1n) is 4.06. The van der Waals surface area contributed by atoms with Gasteiger partial charge in [-0.05, 0) is 0 Å². The van der Waals surface area contributed by atoms with Crippen LogP contribution in [0.25, 0.3) is 0 Å². The molecule has 0 fully saturated rings. The summed E-state index contributed by atoms with van der Waals surface area (Å²) >= 11 is 1.22. The Kier molecular flexibility index (Phi) is 7.68. The Morgan fingerprint density at radius 1 is 1.22 bits per heavy atom. The fourth-order valence-electron chi connectivity index (χ4n) is 0.861. The molecule has 0 rings (SSSR count). The van der Waals surface area contributed by atoms with E-state index in [1.165, 1.54) is 56.8 Å². The maximum absolute atomic E-state index is 2.32. The fraction of sp³-hybridized carbons (Fsp3) is 1.00. The van der Waals surface area contributed by atoms with Crippen LogP contribution < -0.4 is 0 Å². The first kappa shape index (κ1) is 9.88. The third kappa shape index (κ3) is 6.77. The topological polar surface area (TPSA) is 0 Å². The van der Waals surface area contributed by atoms with Gasteiger partial charge in [-0.1, -0.05) is 0 Å². The molecule has 0 aliphatic rings. The zero-order valence-corrected chi connectivity index (χ0v) is 11.2. The van der Waals surface area contributed by atoms with Crippen LogP contribution in [-0.2, 0) is 0 Å². The van der Waals surface area contributed by atoms with E-state index in [-0.39, 0.29) is 0 Å². The van der Waals surface area contributed by atoms with Gasteiger partial charge in [-0.2, -0.15) is 0 Å². The van der Waals surface area contributed by atoms with Crippen molar-refractivity contribution in [2.24, 2.45) is 0 Å². The molecule has 1 unspecified atom stereocenters. The van der Waals surface area contributed by atoms with Crippen molar-refractivity contribution in [3.63, 3.8) is 0 Å². The molecule has 9 heavy (non-hydrogen) atoms. The Bertz CT molecular complexity index is 52.5. The number of hydrogen-bond acceptors (Lipinski definition) is 0. The summed E-state index contributed by atoms with van der Waals surface area (Å²) < 4.78 is 1.12. The summed E-state index contributed by atoms with van der Waals surface area (Å²) in [5.41, 5.74) is 0. The van der Waals surface area contributed by atoms with Gasteiger partial charge >= 0.3 is 74.3 Å². The molecule has 0 N–H and O–H groups in total. The van der Waals surface area contributed by atoms with Crippen LogP contribution >= 0.6 is 0 Å². The Morgan fingerprint density at radius 2 is 1.89 bits per heavy atom. The molecule has 0 aliphatic carbocycles. The van der Waals surface area contributed by atoms with Gasteiger partial charge in [0.2, 0.25) is 0 Å². The van der Waals surface area contributed by atoms with Crippen molar-refractivity contribution in [2.75, 3.05) is 0 Å². The van der Waals surface area contributed by atoms with Crippen LogP contribution in [0.2, 0.25) is 3.63 Å². The molecule has 0 saturated heterocycles. The van der Waals surface area contributed by atoms with Crippen molar-refractivity contribution in [2.45, 2.75) is 49.6 Å². The Labute approximate surface area is 74.3 Å². The molecule has 0 aromatic rings. The first-order chi connectivity index (χ1) is 4.31. The van der Waals surface area contributed by atoms with Gasteiger partial charge in [0.05, 0.1) is 0 Å². The third-order valence-electron chi connectivity index (χ3n) is 1.70. The second kappa shape index (κ2) is 7.00. The number of hydrogen-bond donors (Lipinski definition) is 0. The quantitative estimate of drug-likeness (QED) is 0.538. The van der Waals surface area contributed by atoms with E-state index in [9.17, 15) is 0 Å². The third-order valence-corrected chi connectivity index (χ3v) is 4.83. The van der Waals surface area contributed by atoms with Gasteiger partial charge < -0.3 is 0 Å². The zero-order valence-electron chi connectivity index (χ0n) is 6.69. The minimum atomic E-state index is 1.12. The summed E-state index contributed by atoms with van der Waals surface area (Å²) in [6.07, 6.45) is 7.24. The molecule has 56 valence electrons. The summed E-state index contributed by atoms with van der Waals surface area (Å²) in [5.74, 6) is 0. The maximum atomic E-state index is 2.32. The van der Waals surface area contributed by atoms with Crippen molar-refractivity contribution in [1.82, 2.24) is 0 Å². The molecule has 0 saturated carbocycles. The summed E-state index contributed by atoms with van der Waals surface area (Å²) in [5, 5.41) is 0. The predicted octanol–water partition coefficient (Wildman–Crippen LogP) is 2.40. The molecule has 0 aromatic heterocycles. The van der Waals surface area contributed by atoms with E-state index in [0.29, 0.717) is 0 Å². The van der Waals surface area contributed by atoms with Crippen LogP contribution in [0.3, 0.4) is 0 Å². The summed E-state index contributed by atoms with van der Waals surface area (Å²) in [4.78, 5) is 0. The van der Waals surface area contributed by atoms with Crippen molar-refractivity contribution in [1.29, 1.82) is 0 Å². The van der Waals surface area contributed by atoms with E-state index in [2.05, 4.69) is 13.8 Å². The van der Waals surface area contributed by atoms with E-state index in [0.717, 1.165) is 3.63 Å². The molecular formula is C8H19Bi. The van der Waals surface area contributed by atoms with Crippen molar-refractivity contribution < 1.29 is 0 Å². The molecule has 1 atom stereocenters. The average Bonchev–Trinajstić information content (AvgIpc) is 1.89. The monoisotopic (exact) mass is 324 g/mol. The summed E-state index contributed by atoms with van der Waals surface area (Å²) in [6, 6.07) is 0. The zero-order chi connectivity index (χ0) is 7.11. The normalized spacial score (nSPS) is 13.7. The van der Waals surface area contributed by atoms with Gasteiger partial charge in [0.15, 0.2) is 0 Å². The van der Waals surface area contributed by atoms with E-state index in [1.807, 2.05) is 0 Å². The van der Waals surface area contributed by atoms with Crippen molar-refractivity contribution in [3.8, 4) is 0 Å². The van der Waals surface area contributed by atoms with Crippen LogP contribution in [-0.4, -0.2) is 24.7 Å². The van der Waals surface area contributed by atoms with Crippen LogP contribution in [0.4, 0.5) is 0 Å². The minimum absolute atomic E-state index is 1.12. The number of rotatable bonds is 5. The van der Waals surface area contributed by atoms with Gasteiger partial charge in [-0.3, -0.25) is 0 Å². The van der Waals surface area contributed by atoms with Gasteiger partial charge in [0, 0.05) is 0 Å². The molecular weight excluding hydrogens is 305 g/mol. The molecule has 0 spiro atoms. The fourth-order valence-corrected chi connectivity index (χ4v) is 1.78. The Morgan fingerprint density at radius 3 is 2.33 bits per heavy atom. The second-order valence-electron chi connectivity index (χ2n) is 2.66. The average molecular weight is 324 g/mol. The van der Waals surface area contributed by atoms with Crippen molar-refractivity contribution >= 4 is 24.7 Å². The summed E-state index contributed by atoms with van der Waals surface area (Å²) in [7, 11) is 0. The predicted molar refractivity (Wildman–Crippen MR) is 46.7 cm³/mol. The number of unbranched alkanes of at least 4 members (excludes halogenated alkanes) is 2. The standard InChI is InChI=1S/C8H17.Bi.2H/c1-3-5-7-8-6-4-2;;;/h5H,3-4,6-8H2,1-2H3;;;. The van der Waals surface area contributed by atoms with Crippen LogP contribution in [0.1, 0.15) is 46.0 Å². The second-order valence-corrected chi connectivity index (χ2v) is 6.33.